The molecule has 27 heavy (non-hydrogen) atoms. The first kappa shape index (κ1) is 17.4. The van der Waals surface area contributed by atoms with Crippen LogP contribution in [0.25, 0.3) is 22.5 Å². The van der Waals surface area contributed by atoms with Gasteiger partial charge in [0.25, 0.3) is 0 Å². The zero-order chi connectivity index (χ0) is 18.7. The fourth-order valence-corrected chi connectivity index (χ4v) is 5.36. The van der Waals surface area contributed by atoms with E-state index in [1.54, 1.807) is 0 Å². The van der Waals surface area contributed by atoms with Crippen molar-refractivity contribution < 1.29 is 0 Å². The van der Waals surface area contributed by atoms with Gasteiger partial charge >= 0.3 is 0 Å². The SMILES string of the molecule is C[Si](C)(c1ccc(-c2ccccc2)nc1)c1ccc(-c2ccccc2)nc1. The summed E-state index contributed by atoms with van der Waals surface area (Å²) in [6.07, 6.45) is 4.08. The zero-order valence-corrected chi connectivity index (χ0v) is 16.6. The fraction of sp³-hybridized carbons (Fsp3) is 0.0833. The molecule has 0 aliphatic carbocycles. The van der Waals surface area contributed by atoms with Gasteiger partial charge < -0.3 is 0 Å². The minimum absolute atomic E-state index is 1.02. The van der Waals surface area contributed by atoms with Crippen molar-refractivity contribution in [2.75, 3.05) is 0 Å². The molecule has 4 rings (SSSR count). The maximum atomic E-state index is 4.72. The Balaban J connectivity index is 1.61. The maximum Gasteiger partial charge on any atom is 0.116 e. The van der Waals surface area contributed by atoms with Gasteiger partial charge in [-0.1, -0.05) is 85.9 Å². The minimum Gasteiger partial charge on any atom is -0.256 e. The summed E-state index contributed by atoms with van der Waals surface area (Å²) in [5.41, 5.74) is 4.33. The van der Waals surface area contributed by atoms with E-state index in [1.807, 2.05) is 48.8 Å². The van der Waals surface area contributed by atoms with E-state index in [4.69, 9.17) is 9.97 Å². The third kappa shape index (κ3) is 3.60. The Morgan fingerprint density at radius 3 is 1.26 bits per heavy atom. The average Bonchev–Trinajstić information content (AvgIpc) is 2.75. The Morgan fingerprint density at radius 2 is 0.926 bits per heavy atom. The lowest BCUT2D eigenvalue weighted by atomic mass is 10.1. The molecular formula is C24H22N2Si. The lowest BCUT2D eigenvalue weighted by Crippen LogP contribution is -2.53. The maximum absolute atomic E-state index is 4.72. The molecule has 0 aliphatic rings. The molecule has 0 radical (unpaired) electrons. The number of nitrogens with zero attached hydrogens (tertiary/aromatic N) is 2. The molecule has 0 N–H and O–H groups in total. The normalized spacial score (nSPS) is 11.3. The minimum atomic E-state index is -1.83. The van der Waals surface area contributed by atoms with E-state index in [0.29, 0.717) is 0 Å². The van der Waals surface area contributed by atoms with Crippen molar-refractivity contribution in [3.63, 3.8) is 0 Å². The van der Waals surface area contributed by atoms with Gasteiger partial charge in [0.05, 0.1) is 11.4 Å². The van der Waals surface area contributed by atoms with Crippen LogP contribution >= 0.6 is 0 Å². The summed E-state index contributed by atoms with van der Waals surface area (Å²) in [5.74, 6) is 0. The van der Waals surface area contributed by atoms with Crippen LogP contribution in [0.1, 0.15) is 0 Å². The summed E-state index contributed by atoms with van der Waals surface area (Å²) in [6.45, 7) is 4.71. The number of aromatic nitrogens is 2. The molecule has 0 spiro atoms. The predicted octanol–water partition coefficient (Wildman–Crippen LogP) is 4.63. The second kappa shape index (κ2) is 7.29. The highest BCUT2D eigenvalue weighted by Gasteiger charge is 2.26. The molecule has 0 bridgehead atoms. The van der Waals surface area contributed by atoms with Gasteiger partial charge in [-0.3, -0.25) is 9.97 Å². The van der Waals surface area contributed by atoms with Crippen LogP contribution in [0.4, 0.5) is 0 Å². The molecule has 2 aromatic carbocycles. The van der Waals surface area contributed by atoms with E-state index in [9.17, 15) is 0 Å². The summed E-state index contributed by atoms with van der Waals surface area (Å²) < 4.78 is 0. The summed E-state index contributed by atoms with van der Waals surface area (Å²) in [7, 11) is -1.83. The number of pyridine rings is 2. The molecule has 2 aromatic heterocycles. The van der Waals surface area contributed by atoms with E-state index in [-0.39, 0.29) is 0 Å². The molecule has 0 saturated carbocycles. The summed E-state index contributed by atoms with van der Waals surface area (Å²) >= 11 is 0. The Morgan fingerprint density at radius 1 is 0.519 bits per heavy atom. The van der Waals surface area contributed by atoms with Crippen LogP contribution in [0.2, 0.25) is 13.1 Å². The number of hydrogen-bond donors (Lipinski definition) is 0. The van der Waals surface area contributed by atoms with E-state index in [0.717, 1.165) is 22.5 Å². The van der Waals surface area contributed by atoms with Crippen molar-refractivity contribution in [3.05, 3.63) is 97.3 Å². The molecule has 2 heterocycles. The van der Waals surface area contributed by atoms with Crippen molar-refractivity contribution in [2.45, 2.75) is 13.1 Å². The van der Waals surface area contributed by atoms with Crippen LogP contribution < -0.4 is 10.4 Å². The fourth-order valence-electron chi connectivity index (χ4n) is 3.25. The molecule has 0 amide bonds. The van der Waals surface area contributed by atoms with Crippen molar-refractivity contribution >= 4 is 18.4 Å². The molecule has 0 aliphatic heterocycles. The van der Waals surface area contributed by atoms with E-state index in [1.165, 1.54) is 10.4 Å². The number of hydrogen-bond acceptors (Lipinski definition) is 2. The van der Waals surface area contributed by atoms with Crippen molar-refractivity contribution in [3.8, 4) is 22.5 Å². The molecule has 3 heteroatoms. The Bertz CT molecular complexity index is 924. The highest BCUT2D eigenvalue weighted by Crippen LogP contribution is 2.17. The number of benzene rings is 2. The third-order valence-electron chi connectivity index (χ3n) is 5.11. The third-order valence-corrected chi connectivity index (χ3v) is 8.59. The lowest BCUT2D eigenvalue weighted by Gasteiger charge is -2.23. The van der Waals surface area contributed by atoms with Crippen LogP contribution in [0.15, 0.2) is 97.3 Å². The Hall–Kier alpha value is -3.04. The van der Waals surface area contributed by atoms with Gasteiger partial charge in [0.2, 0.25) is 0 Å². The average molecular weight is 367 g/mol. The monoisotopic (exact) mass is 366 g/mol. The zero-order valence-electron chi connectivity index (χ0n) is 15.6. The van der Waals surface area contributed by atoms with Gasteiger partial charge in [-0.2, -0.15) is 0 Å². The topological polar surface area (TPSA) is 25.8 Å². The first-order valence-electron chi connectivity index (χ1n) is 9.18. The van der Waals surface area contributed by atoms with Crippen LogP contribution in [0, 0.1) is 0 Å². The van der Waals surface area contributed by atoms with E-state index in [2.05, 4.69) is 61.6 Å². The van der Waals surface area contributed by atoms with Crippen LogP contribution in [-0.2, 0) is 0 Å². The van der Waals surface area contributed by atoms with Crippen molar-refractivity contribution in [2.24, 2.45) is 0 Å². The van der Waals surface area contributed by atoms with Crippen LogP contribution in [-0.4, -0.2) is 18.0 Å². The largest absolute Gasteiger partial charge is 0.256 e. The van der Waals surface area contributed by atoms with Crippen LogP contribution in [0.3, 0.4) is 0 Å². The second-order valence-electron chi connectivity index (χ2n) is 7.22. The molecule has 0 fully saturated rings. The summed E-state index contributed by atoms with van der Waals surface area (Å²) in [6, 6.07) is 29.3. The van der Waals surface area contributed by atoms with E-state index >= 15 is 0 Å². The highest BCUT2D eigenvalue weighted by molar-refractivity contribution is 7.00. The lowest BCUT2D eigenvalue weighted by molar-refractivity contribution is 1.33. The van der Waals surface area contributed by atoms with Gasteiger partial charge in [-0.25, -0.2) is 0 Å². The quantitative estimate of drug-likeness (QED) is 0.492. The highest BCUT2D eigenvalue weighted by atomic mass is 28.3. The smallest absolute Gasteiger partial charge is 0.116 e. The van der Waals surface area contributed by atoms with Gasteiger partial charge in [-0.05, 0) is 22.5 Å². The Kier molecular flexibility index (Phi) is 4.69. The van der Waals surface area contributed by atoms with Gasteiger partial charge in [0.1, 0.15) is 8.07 Å². The van der Waals surface area contributed by atoms with Gasteiger partial charge in [0, 0.05) is 23.5 Å². The Labute approximate surface area is 161 Å². The first-order valence-corrected chi connectivity index (χ1v) is 12.2. The molecule has 132 valence electrons. The van der Waals surface area contributed by atoms with Crippen molar-refractivity contribution in [1.82, 2.24) is 9.97 Å². The molecule has 0 saturated heterocycles. The van der Waals surface area contributed by atoms with Gasteiger partial charge in [-0.15, -0.1) is 0 Å². The van der Waals surface area contributed by atoms with Crippen molar-refractivity contribution in [1.29, 1.82) is 0 Å². The molecule has 0 unspecified atom stereocenters. The summed E-state index contributed by atoms with van der Waals surface area (Å²) in [5, 5.41) is 2.63. The standard InChI is InChI=1S/C24H22N2Si/c1-27(2,21-13-15-23(25-17-21)19-9-5-3-6-10-19)22-14-16-24(26-18-22)20-11-7-4-8-12-20/h3-18H,1-2H3. The van der Waals surface area contributed by atoms with E-state index < -0.39 is 8.07 Å². The van der Waals surface area contributed by atoms with Crippen LogP contribution in [0.5, 0.6) is 0 Å². The molecule has 2 nitrogen and oxygen atoms in total. The molecule has 4 aromatic rings. The van der Waals surface area contributed by atoms with Gasteiger partial charge in [0.15, 0.2) is 0 Å². The second-order valence-corrected chi connectivity index (χ2v) is 11.6. The predicted molar refractivity (Wildman–Crippen MR) is 116 cm³/mol. The molecule has 0 atom stereocenters. The first-order chi connectivity index (χ1) is 13.1. The summed E-state index contributed by atoms with van der Waals surface area (Å²) in [4.78, 5) is 9.44. The molecular weight excluding hydrogens is 344 g/mol. The number of rotatable bonds is 4.